The van der Waals surface area contributed by atoms with E-state index in [1.54, 1.807) is 0 Å². The maximum Gasteiger partial charge on any atom is 0.337 e. The maximum atomic E-state index is 13.0. The number of esters is 1. The minimum Gasteiger partial charge on any atom is -0.465 e. The number of para-hydroxylation sites is 1. The van der Waals surface area contributed by atoms with E-state index in [9.17, 15) is 24.5 Å². The summed E-state index contributed by atoms with van der Waals surface area (Å²) in [6.45, 7) is 0. The van der Waals surface area contributed by atoms with Crippen molar-refractivity contribution >= 4 is 75.0 Å². The molecular weight excluding hydrogens is 480 g/mol. The summed E-state index contributed by atoms with van der Waals surface area (Å²) in [5, 5.41) is 13.9. The van der Waals surface area contributed by atoms with Gasteiger partial charge >= 0.3 is 11.7 Å². The van der Waals surface area contributed by atoms with E-state index in [2.05, 4.69) is 10.3 Å². The molecule has 0 saturated carbocycles. The van der Waals surface area contributed by atoms with Crippen molar-refractivity contribution in [3.63, 3.8) is 0 Å². The normalized spacial score (nSPS) is 10.9. The van der Waals surface area contributed by atoms with Crippen LogP contribution < -0.4 is 10.9 Å². The number of ether oxygens (including phenoxy) is 1. The van der Waals surface area contributed by atoms with Gasteiger partial charge in [-0.15, -0.1) is 0 Å². The summed E-state index contributed by atoms with van der Waals surface area (Å²) in [6, 6.07) is 8.45. The number of halogens is 1. The minimum atomic E-state index is -0.729. The number of hydrogen-bond acceptors (Lipinski definition) is 8. The molecule has 0 aliphatic rings. The Morgan fingerprint density at radius 1 is 1.31 bits per heavy atom. The Labute approximate surface area is 192 Å². The molecule has 0 atom stereocenters. The summed E-state index contributed by atoms with van der Waals surface area (Å²) in [6.07, 6.45) is 0. The smallest absolute Gasteiger partial charge is 0.337 e. The molecule has 0 aliphatic carbocycles. The third-order valence-corrected chi connectivity index (χ3v) is 6.25. The van der Waals surface area contributed by atoms with Crippen LogP contribution in [0.15, 0.2) is 41.2 Å². The van der Waals surface area contributed by atoms with Crippen LogP contribution in [-0.4, -0.2) is 33.3 Å². The van der Waals surface area contributed by atoms with E-state index in [0.717, 1.165) is 11.3 Å². The molecule has 1 amide bonds. The summed E-state index contributed by atoms with van der Waals surface area (Å²) in [7, 11) is 1.23. The second kappa shape index (κ2) is 8.15. The second-order valence-corrected chi connectivity index (χ2v) is 8.46. The molecule has 0 radical (unpaired) electrons. The summed E-state index contributed by atoms with van der Waals surface area (Å²) >= 11 is 12.2. The Balaban J connectivity index is 1.90. The topological polar surface area (TPSA) is 136 Å². The molecule has 4 rings (SSSR count). The zero-order valence-electron chi connectivity index (χ0n) is 16.0. The first kappa shape index (κ1) is 21.6. The van der Waals surface area contributed by atoms with E-state index in [-0.39, 0.29) is 36.1 Å². The number of nitro benzene ring substituents is 1. The van der Waals surface area contributed by atoms with E-state index in [1.807, 2.05) is 0 Å². The summed E-state index contributed by atoms with van der Waals surface area (Å²) < 4.78 is 6.39. The number of fused-ring (bicyclic) bond motifs is 3. The van der Waals surface area contributed by atoms with Gasteiger partial charge in [-0.05, 0) is 42.5 Å². The van der Waals surface area contributed by atoms with Gasteiger partial charge in [-0.1, -0.05) is 29.0 Å². The number of methoxy groups -OCH3 is 1. The predicted octanol–water partition coefficient (Wildman–Crippen LogP) is 4.17. The van der Waals surface area contributed by atoms with Crippen LogP contribution in [0.1, 0.15) is 20.0 Å². The molecule has 4 aromatic rings. The first-order valence-corrected chi connectivity index (χ1v) is 10.4. The highest BCUT2D eigenvalue weighted by Gasteiger charge is 2.24. The number of benzene rings is 2. The van der Waals surface area contributed by atoms with Crippen LogP contribution in [0.25, 0.3) is 16.6 Å². The van der Waals surface area contributed by atoms with Crippen LogP contribution in [0.2, 0.25) is 5.02 Å². The van der Waals surface area contributed by atoms with Crippen LogP contribution in [0, 0.1) is 14.1 Å². The molecule has 32 heavy (non-hydrogen) atoms. The molecule has 0 aliphatic heterocycles. The SMILES string of the molecule is COC(=O)c1ccc2c(=O)[nH]c3c(C(=O)Nc4cccc(Cl)c4[N+](=O)[O-])sc(=S)n3c2c1. The van der Waals surface area contributed by atoms with Gasteiger partial charge in [0, 0.05) is 0 Å². The van der Waals surface area contributed by atoms with Gasteiger partial charge in [0.25, 0.3) is 11.5 Å². The van der Waals surface area contributed by atoms with Crippen molar-refractivity contribution in [1.29, 1.82) is 0 Å². The van der Waals surface area contributed by atoms with Crippen LogP contribution >= 0.6 is 35.2 Å². The molecule has 13 heteroatoms. The lowest BCUT2D eigenvalue weighted by molar-refractivity contribution is -0.383. The molecule has 0 bridgehead atoms. The summed E-state index contributed by atoms with van der Waals surface area (Å²) in [5.74, 6) is -1.33. The van der Waals surface area contributed by atoms with Crippen molar-refractivity contribution in [2.75, 3.05) is 12.4 Å². The van der Waals surface area contributed by atoms with Crippen molar-refractivity contribution in [2.45, 2.75) is 0 Å². The molecule has 0 unspecified atom stereocenters. The van der Waals surface area contributed by atoms with Crippen LogP contribution in [-0.2, 0) is 4.74 Å². The van der Waals surface area contributed by atoms with Gasteiger partial charge in [-0.2, -0.15) is 0 Å². The van der Waals surface area contributed by atoms with Crippen molar-refractivity contribution in [3.05, 3.63) is 76.3 Å². The van der Waals surface area contributed by atoms with Crippen LogP contribution in [0.3, 0.4) is 0 Å². The number of amides is 1. The molecule has 0 saturated heterocycles. The highest BCUT2D eigenvalue weighted by molar-refractivity contribution is 7.73. The van der Waals surface area contributed by atoms with Gasteiger partial charge in [-0.3, -0.25) is 24.1 Å². The maximum absolute atomic E-state index is 13.0. The molecular formula is C19H11ClN4O6S2. The van der Waals surface area contributed by atoms with Crippen LogP contribution in [0.5, 0.6) is 0 Å². The van der Waals surface area contributed by atoms with E-state index in [1.165, 1.54) is 47.9 Å². The molecule has 2 N–H and O–H groups in total. The quantitative estimate of drug-likeness (QED) is 0.189. The van der Waals surface area contributed by atoms with E-state index >= 15 is 0 Å². The Hall–Kier alpha value is -3.61. The van der Waals surface area contributed by atoms with Crippen molar-refractivity contribution in [1.82, 2.24) is 9.38 Å². The Morgan fingerprint density at radius 3 is 2.75 bits per heavy atom. The number of anilines is 1. The number of nitro groups is 1. The number of H-pyrrole nitrogens is 1. The lowest BCUT2D eigenvalue weighted by Gasteiger charge is -2.07. The molecule has 0 fully saturated rings. The van der Waals surface area contributed by atoms with Gasteiger partial charge in [0.2, 0.25) is 0 Å². The molecule has 10 nitrogen and oxygen atoms in total. The fourth-order valence-corrected chi connectivity index (χ4v) is 4.69. The zero-order chi connectivity index (χ0) is 23.2. The molecule has 2 heterocycles. The average Bonchev–Trinajstić information content (AvgIpc) is 3.09. The fourth-order valence-electron chi connectivity index (χ4n) is 3.17. The van der Waals surface area contributed by atoms with Gasteiger partial charge in [-0.25, -0.2) is 4.79 Å². The number of nitrogens with one attached hydrogen (secondary N) is 2. The lowest BCUT2D eigenvalue weighted by Crippen LogP contribution is -2.16. The fraction of sp³-hybridized carbons (Fsp3) is 0.0526. The third-order valence-electron chi connectivity index (χ3n) is 4.57. The van der Waals surface area contributed by atoms with E-state index < -0.39 is 28.0 Å². The lowest BCUT2D eigenvalue weighted by atomic mass is 10.1. The number of carbonyl (C=O) groups excluding carboxylic acids is 2. The van der Waals surface area contributed by atoms with Gasteiger partial charge in [0.15, 0.2) is 3.95 Å². The number of hydrogen-bond donors (Lipinski definition) is 2. The van der Waals surface area contributed by atoms with Crippen LogP contribution in [0.4, 0.5) is 11.4 Å². The van der Waals surface area contributed by atoms with E-state index in [4.69, 9.17) is 28.6 Å². The molecule has 0 spiro atoms. The number of aromatic nitrogens is 2. The minimum absolute atomic E-state index is 0.0201. The number of thiazole rings is 1. The Kier molecular flexibility index (Phi) is 5.50. The van der Waals surface area contributed by atoms with E-state index in [0.29, 0.717) is 5.52 Å². The molecule has 162 valence electrons. The highest BCUT2D eigenvalue weighted by atomic mass is 35.5. The second-order valence-electron chi connectivity index (χ2n) is 6.41. The first-order valence-electron chi connectivity index (χ1n) is 8.77. The highest BCUT2D eigenvalue weighted by Crippen LogP contribution is 2.33. The number of rotatable bonds is 4. The van der Waals surface area contributed by atoms with Gasteiger partial charge < -0.3 is 15.0 Å². The van der Waals surface area contributed by atoms with Crippen molar-refractivity contribution in [2.24, 2.45) is 0 Å². The standard InChI is InChI=1S/C19H11ClN4O6S2/c1-30-18(27)8-5-6-9-12(7-8)23-15(22-16(9)25)14(32-19(23)31)17(26)21-11-4-2-3-10(20)13(11)24(28)29/h2-7H,1H3,(H,21,26)(H,22,25). The van der Waals surface area contributed by atoms with Gasteiger partial charge in [0.05, 0.1) is 28.5 Å². The van der Waals surface area contributed by atoms with Crippen molar-refractivity contribution < 1.29 is 19.2 Å². The predicted molar refractivity (Wildman–Crippen MR) is 122 cm³/mol. The largest absolute Gasteiger partial charge is 0.465 e. The van der Waals surface area contributed by atoms with Gasteiger partial charge in [0.1, 0.15) is 21.2 Å². The number of nitrogens with zero attached hydrogens (tertiary/aromatic N) is 2. The monoisotopic (exact) mass is 490 g/mol. The Morgan fingerprint density at radius 2 is 2.06 bits per heavy atom. The summed E-state index contributed by atoms with van der Waals surface area (Å²) in [4.78, 5) is 50.8. The third kappa shape index (κ3) is 3.53. The molecule has 2 aromatic carbocycles. The van der Waals surface area contributed by atoms with Crippen molar-refractivity contribution in [3.8, 4) is 0 Å². The zero-order valence-corrected chi connectivity index (χ0v) is 18.4. The summed E-state index contributed by atoms with van der Waals surface area (Å²) in [5.41, 5.74) is -0.493. The number of carbonyl (C=O) groups is 2. The first-order chi connectivity index (χ1) is 15.2. The number of aromatic amines is 1. The Bertz CT molecular complexity index is 1570. The average molecular weight is 491 g/mol. The molecule has 2 aromatic heterocycles.